The number of para-hydroxylation sites is 1. The van der Waals surface area contributed by atoms with Gasteiger partial charge in [-0.3, -0.25) is 14.5 Å². The molecule has 12 heteroatoms. The first-order valence-corrected chi connectivity index (χ1v) is 16.4. The van der Waals surface area contributed by atoms with E-state index in [1.54, 1.807) is 39.5 Å². The number of piperidine rings is 1. The molecule has 3 heterocycles. The van der Waals surface area contributed by atoms with E-state index in [0.29, 0.717) is 45.6 Å². The highest BCUT2D eigenvalue weighted by molar-refractivity contribution is 8.26. The van der Waals surface area contributed by atoms with Gasteiger partial charge in [-0.1, -0.05) is 68.2 Å². The number of aromatic nitrogens is 2. The molecule has 2 aromatic carbocycles. The zero-order valence-electron chi connectivity index (χ0n) is 23.3. The second-order valence-corrected chi connectivity index (χ2v) is 14.5. The van der Waals surface area contributed by atoms with E-state index in [9.17, 15) is 18.0 Å². The van der Waals surface area contributed by atoms with Gasteiger partial charge in [0.1, 0.15) is 10.0 Å². The summed E-state index contributed by atoms with van der Waals surface area (Å²) in [4.78, 5) is 26.2. The number of carboxylic acids is 1. The topological polar surface area (TPSA) is 113 Å². The molecule has 0 aliphatic carbocycles. The smallest absolute Gasteiger partial charge is 0.303 e. The number of nitrogens with zero attached hydrogens (tertiary/aromatic N) is 4. The molecule has 2 unspecified atom stereocenters. The predicted octanol–water partition coefficient (Wildman–Crippen LogP) is 5.27. The Morgan fingerprint density at radius 2 is 1.83 bits per heavy atom. The minimum atomic E-state index is -3.72. The highest BCUT2D eigenvalue weighted by Crippen LogP contribution is 2.36. The molecular formula is C30H32N4O5S3. The Balaban J connectivity index is 1.52. The number of rotatable bonds is 9. The Labute approximate surface area is 255 Å². The molecule has 1 amide bonds. The molecule has 42 heavy (non-hydrogen) atoms. The number of benzene rings is 2. The van der Waals surface area contributed by atoms with E-state index in [4.69, 9.17) is 22.4 Å². The average molecular weight is 625 g/mol. The highest BCUT2D eigenvalue weighted by Gasteiger charge is 2.33. The van der Waals surface area contributed by atoms with E-state index in [2.05, 4.69) is 13.8 Å². The van der Waals surface area contributed by atoms with Crippen LogP contribution in [0.4, 0.5) is 0 Å². The zero-order chi connectivity index (χ0) is 30.0. The fourth-order valence-electron chi connectivity index (χ4n) is 5.41. The molecule has 2 aliphatic heterocycles. The van der Waals surface area contributed by atoms with Crippen molar-refractivity contribution in [2.75, 3.05) is 19.6 Å². The van der Waals surface area contributed by atoms with Crippen molar-refractivity contribution in [3.8, 4) is 16.9 Å². The molecule has 220 valence electrons. The molecule has 1 N–H and O–H groups in total. The standard InChI is InChI=1S/C30H32N4O5S3/c1-20-14-21(2)18-32(17-20)42(38,39)25-11-6-8-22(15-25)28-23(19-34(31-28)24-9-4-3-5-10-24)16-26-29(37)33(30(40)41-26)13-7-12-27(35)36/h3-6,8-11,15-16,19-21H,7,12-14,17-18H2,1-2H3,(H,35,36)/b26-16-. The summed E-state index contributed by atoms with van der Waals surface area (Å²) in [5, 5.41) is 13.8. The van der Waals surface area contributed by atoms with Crippen LogP contribution in [0.5, 0.6) is 0 Å². The summed E-state index contributed by atoms with van der Waals surface area (Å²) < 4.78 is 31.0. The molecule has 2 fully saturated rings. The number of aliphatic carboxylic acids is 1. The third kappa shape index (κ3) is 6.51. The molecule has 3 aromatic rings. The van der Waals surface area contributed by atoms with Gasteiger partial charge >= 0.3 is 5.97 Å². The lowest BCUT2D eigenvalue weighted by atomic mass is 9.94. The van der Waals surface area contributed by atoms with Gasteiger partial charge in [0, 0.05) is 43.4 Å². The number of thioether (sulfide) groups is 1. The lowest BCUT2D eigenvalue weighted by Gasteiger charge is -2.34. The van der Waals surface area contributed by atoms with Gasteiger partial charge in [0.15, 0.2) is 0 Å². The van der Waals surface area contributed by atoms with Crippen molar-refractivity contribution in [1.82, 2.24) is 19.0 Å². The molecule has 5 rings (SSSR count). The van der Waals surface area contributed by atoms with Crippen molar-refractivity contribution < 1.29 is 23.1 Å². The minimum absolute atomic E-state index is 0.0569. The van der Waals surface area contributed by atoms with Gasteiger partial charge in [0.25, 0.3) is 5.91 Å². The zero-order valence-corrected chi connectivity index (χ0v) is 25.8. The number of thiocarbonyl (C=S) groups is 1. The van der Waals surface area contributed by atoms with Gasteiger partial charge in [0.05, 0.1) is 15.5 Å². The van der Waals surface area contributed by atoms with Crippen molar-refractivity contribution >= 4 is 56.3 Å². The maximum Gasteiger partial charge on any atom is 0.303 e. The molecule has 0 bridgehead atoms. The molecule has 9 nitrogen and oxygen atoms in total. The fraction of sp³-hybridized carbons (Fsp3) is 0.333. The fourth-order valence-corrected chi connectivity index (χ4v) is 8.43. The van der Waals surface area contributed by atoms with E-state index >= 15 is 0 Å². The largest absolute Gasteiger partial charge is 0.481 e. The first-order valence-electron chi connectivity index (χ1n) is 13.8. The number of sulfonamides is 1. The lowest BCUT2D eigenvalue weighted by Crippen LogP contribution is -2.42. The third-order valence-corrected chi connectivity index (χ3v) is 10.5. The lowest BCUT2D eigenvalue weighted by molar-refractivity contribution is -0.137. The van der Waals surface area contributed by atoms with Crippen LogP contribution in [0.2, 0.25) is 0 Å². The molecule has 1 aromatic heterocycles. The van der Waals surface area contributed by atoms with Crippen molar-refractivity contribution in [2.45, 2.75) is 38.0 Å². The van der Waals surface area contributed by atoms with Crippen molar-refractivity contribution in [1.29, 1.82) is 0 Å². The molecule has 2 atom stereocenters. The van der Waals surface area contributed by atoms with Gasteiger partial charge < -0.3 is 5.11 Å². The number of carbonyl (C=O) groups excluding carboxylic acids is 1. The van der Waals surface area contributed by atoms with Crippen molar-refractivity contribution in [3.63, 3.8) is 0 Å². The van der Waals surface area contributed by atoms with Gasteiger partial charge in [-0.15, -0.1) is 0 Å². The summed E-state index contributed by atoms with van der Waals surface area (Å²) in [6.07, 6.45) is 4.75. The molecule has 2 aliphatic rings. The van der Waals surface area contributed by atoms with Crippen LogP contribution in [-0.2, 0) is 19.6 Å². The summed E-state index contributed by atoms with van der Waals surface area (Å²) >= 11 is 6.58. The summed E-state index contributed by atoms with van der Waals surface area (Å²) in [6, 6.07) is 16.3. The van der Waals surface area contributed by atoms with E-state index in [-0.39, 0.29) is 35.6 Å². The van der Waals surface area contributed by atoms with Gasteiger partial charge in [0.2, 0.25) is 10.0 Å². The Bertz CT molecular complexity index is 1640. The first-order chi connectivity index (χ1) is 20.0. The number of amides is 1. The first kappa shape index (κ1) is 30.1. The van der Waals surface area contributed by atoms with Crippen LogP contribution in [0, 0.1) is 11.8 Å². The second kappa shape index (κ2) is 12.5. The van der Waals surface area contributed by atoms with E-state index < -0.39 is 16.0 Å². The quantitative estimate of drug-likeness (QED) is 0.253. The van der Waals surface area contributed by atoms with E-state index in [1.807, 2.05) is 36.4 Å². The van der Waals surface area contributed by atoms with Gasteiger partial charge in [-0.25, -0.2) is 13.1 Å². The van der Waals surface area contributed by atoms with Crippen LogP contribution in [-0.4, -0.2) is 68.3 Å². The minimum Gasteiger partial charge on any atom is -0.481 e. The van der Waals surface area contributed by atoms with Crippen molar-refractivity contribution in [3.05, 3.63) is 71.3 Å². The van der Waals surface area contributed by atoms with Crippen LogP contribution in [0.25, 0.3) is 23.0 Å². The van der Waals surface area contributed by atoms with Gasteiger partial charge in [-0.05, 0) is 55.0 Å². The maximum absolute atomic E-state index is 13.7. The molecule has 2 saturated heterocycles. The molecule has 0 spiro atoms. The monoisotopic (exact) mass is 624 g/mol. The van der Waals surface area contributed by atoms with Crippen LogP contribution < -0.4 is 0 Å². The van der Waals surface area contributed by atoms with Crippen LogP contribution in [0.15, 0.2) is 70.6 Å². The van der Waals surface area contributed by atoms with Crippen LogP contribution in [0.1, 0.15) is 38.7 Å². The average Bonchev–Trinajstić information content (AvgIpc) is 3.49. The normalized spacial score (nSPS) is 20.9. The number of carbonyl (C=O) groups is 2. The molecule has 0 saturated carbocycles. The number of hydrogen-bond donors (Lipinski definition) is 1. The summed E-state index contributed by atoms with van der Waals surface area (Å²) in [5.74, 6) is -0.661. The van der Waals surface area contributed by atoms with E-state index in [1.165, 1.54) is 4.90 Å². The Morgan fingerprint density at radius 1 is 1.12 bits per heavy atom. The summed E-state index contributed by atoms with van der Waals surface area (Å²) in [5.41, 5.74) is 2.55. The SMILES string of the molecule is CC1CC(C)CN(S(=O)(=O)c2cccc(-c3nn(-c4ccccc4)cc3/C=C3\SC(=S)N(CCCC(=O)O)C3=O)c2)C1. The maximum atomic E-state index is 13.7. The number of carboxylic acid groups (broad SMARTS) is 1. The third-order valence-electron chi connectivity index (χ3n) is 7.28. The Kier molecular flexibility index (Phi) is 8.97. The second-order valence-electron chi connectivity index (χ2n) is 10.8. The van der Waals surface area contributed by atoms with Gasteiger partial charge in [-0.2, -0.15) is 9.40 Å². The number of hydrogen-bond acceptors (Lipinski definition) is 7. The summed E-state index contributed by atoms with van der Waals surface area (Å²) in [6.45, 7) is 5.34. The molecule has 0 radical (unpaired) electrons. The van der Waals surface area contributed by atoms with Crippen molar-refractivity contribution in [2.24, 2.45) is 11.8 Å². The van der Waals surface area contributed by atoms with Crippen LogP contribution >= 0.6 is 24.0 Å². The Hall–Kier alpha value is -3.32. The van der Waals surface area contributed by atoms with E-state index in [0.717, 1.165) is 23.9 Å². The van der Waals surface area contributed by atoms with Crippen LogP contribution in [0.3, 0.4) is 0 Å². The Morgan fingerprint density at radius 3 is 2.52 bits per heavy atom. The predicted molar refractivity (Wildman–Crippen MR) is 167 cm³/mol. The summed E-state index contributed by atoms with van der Waals surface area (Å²) in [7, 11) is -3.72. The highest BCUT2D eigenvalue weighted by atomic mass is 32.2. The molecular weight excluding hydrogens is 593 g/mol.